The van der Waals surface area contributed by atoms with E-state index in [-0.39, 0.29) is 12.2 Å². The highest BCUT2D eigenvalue weighted by Gasteiger charge is 2.29. The standard InChI is InChI=1S/C23H22N4O3S/c1-2-12-27-21(20-14-28-18-10-6-7-11-19(18)30-20)25-26-23(27)31-15-17-13-24-22(29-17)16-8-4-3-5-9-16/h2-11,17,20H,1,12-15H2/t17-,20+/m0/s1. The zero-order valence-electron chi connectivity index (χ0n) is 16.9. The Morgan fingerprint density at radius 1 is 1.03 bits per heavy atom. The molecule has 0 saturated heterocycles. The molecule has 0 amide bonds. The van der Waals surface area contributed by atoms with Crippen molar-refractivity contribution in [3.63, 3.8) is 0 Å². The summed E-state index contributed by atoms with van der Waals surface area (Å²) in [7, 11) is 0. The van der Waals surface area contributed by atoms with Crippen LogP contribution in [0.4, 0.5) is 0 Å². The Balaban J connectivity index is 1.26. The predicted molar refractivity (Wildman–Crippen MR) is 119 cm³/mol. The van der Waals surface area contributed by atoms with Crippen LogP contribution >= 0.6 is 11.8 Å². The molecule has 0 aliphatic carbocycles. The largest absolute Gasteiger partial charge is 0.485 e. The van der Waals surface area contributed by atoms with Gasteiger partial charge in [0.25, 0.3) is 0 Å². The van der Waals surface area contributed by atoms with Crippen LogP contribution in [-0.2, 0) is 11.3 Å². The lowest BCUT2D eigenvalue weighted by molar-refractivity contribution is 0.0821. The molecule has 1 aromatic heterocycles. The first-order chi connectivity index (χ1) is 15.3. The summed E-state index contributed by atoms with van der Waals surface area (Å²) >= 11 is 1.60. The van der Waals surface area contributed by atoms with Crippen molar-refractivity contribution in [1.82, 2.24) is 14.8 Å². The fourth-order valence-electron chi connectivity index (χ4n) is 3.50. The Bertz CT molecular complexity index is 1100. The van der Waals surface area contributed by atoms with E-state index in [9.17, 15) is 0 Å². The van der Waals surface area contributed by atoms with Gasteiger partial charge in [-0.15, -0.1) is 16.8 Å². The Kier molecular flexibility index (Phi) is 5.62. The third-order valence-electron chi connectivity index (χ3n) is 4.99. The Labute approximate surface area is 184 Å². The molecule has 31 heavy (non-hydrogen) atoms. The Hall–Kier alpha value is -3.26. The molecule has 2 atom stereocenters. The molecule has 3 heterocycles. The topological polar surface area (TPSA) is 70.8 Å². The summed E-state index contributed by atoms with van der Waals surface area (Å²) in [5, 5.41) is 9.61. The van der Waals surface area contributed by atoms with Crippen LogP contribution in [0.25, 0.3) is 0 Å². The van der Waals surface area contributed by atoms with Crippen LogP contribution in [0.1, 0.15) is 17.5 Å². The van der Waals surface area contributed by atoms with E-state index in [1.54, 1.807) is 11.8 Å². The van der Waals surface area contributed by atoms with Crippen LogP contribution < -0.4 is 9.47 Å². The number of ether oxygens (including phenoxy) is 3. The molecule has 3 aromatic rings. The van der Waals surface area contributed by atoms with Gasteiger partial charge in [-0.05, 0) is 24.3 Å². The second kappa shape index (κ2) is 8.85. The number of aromatic nitrogens is 3. The number of para-hydroxylation sites is 2. The van der Waals surface area contributed by atoms with E-state index in [2.05, 4.69) is 21.8 Å². The van der Waals surface area contributed by atoms with Crippen molar-refractivity contribution in [2.75, 3.05) is 18.9 Å². The number of nitrogens with zero attached hydrogens (tertiary/aromatic N) is 4. The normalized spacial score (nSPS) is 19.5. The fourth-order valence-corrected chi connectivity index (χ4v) is 4.43. The number of hydrogen-bond acceptors (Lipinski definition) is 7. The van der Waals surface area contributed by atoms with Crippen LogP contribution in [0.3, 0.4) is 0 Å². The first kappa shape index (κ1) is 19.7. The van der Waals surface area contributed by atoms with Gasteiger partial charge in [-0.2, -0.15) is 0 Å². The maximum Gasteiger partial charge on any atom is 0.216 e. The molecular formula is C23H22N4O3S. The summed E-state index contributed by atoms with van der Waals surface area (Å²) < 4.78 is 20.0. The number of hydrogen-bond donors (Lipinski definition) is 0. The second-order valence-corrected chi connectivity index (χ2v) is 8.15. The highest BCUT2D eigenvalue weighted by molar-refractivity contribution is 7.99. The number of thioether (sulfide) groups is 1. The van der Waals surface area contributed by atoms with Crippen molar-refractivity contribution in [1.29, 1.82) is 0 Å². The lowest BCUT2D eigenvalue weighted by Crippen LogP contribution is -2.25. The molecular weight excluding hydrogens is 412 g/mol. The van der Waals surface area contributed by atoms with E-state index in [1.807, 2.05) is 65.2 Å². The first-order valence-corrected chi connectivity index (χ1v) is 11.1. The minimum atomic E-state index is -0.326. The number of benzene rings is 2. The first-order valence-electron chi connectivity index (χ1n) is 10.1. The van der Waals surface area contributed by atoms with Crippen LogP contribution in [0, 0.1) is 0 Å². The molecule has 5 rings (SSSR count). The molecule has 0 unspecified atom stereocenters. The van der Waals surface area contributed by atoms with Gasteiger partial charge in [0.1, 0.15) is 12.7 Å². The van der Waals surface area contributed by atoms with E-state index in [4.69, 9.17) is 14.2 Å². The highest BCUT2D eigenvalue weighted by Crippen LogP contribution is 2.36. The van der Waals surface area contributed by atoms with Crippen LogP contribution in [-0.4, -0.2) is 45.7 Å². The molecule has 7 nitrogen and oxygen atoms in total. The Morgan fingerprint density at radius 2 is 1.84 bits per heavy atom. The van der Waals surface area contributed by atoms with Crippen LogP contribution in [0.2, 0.25) is 0 Å². The van der Waals surface area contributed by atoms with Crippen LogP contribution in [0.15, 0.2) is 77.4 Å². The smallest absolute Gasteiger partial charge is 0.216 e. The van der Waals surface area contributed by atoms with Crippen molar-refractivity contribution >= 4 is 17.7 Å². The van der Waals surface area contributed by atoms with E-state index in [1.165, 1.54) is 0 Å². The molecule has 2 aromatic carbocycles. The third kappa shape index (κ3) is 4.16. The molecule has 0 N–H and O–H groups in total. The summed E-state index contributed by atoms with van der Waals surface area (Å²) in [6.45, 7) is 5.49. The summed E-state index contributed by atoms with van der Waals surface area (Å²) in [6, 6.07) is 17.6. The van der Waals surface area contributed by atoms with E-state index >= 15 is 0 Å². The van der Waals surface area contributed by atoms with Crippen molar-refractivity contribution in [3.8, 4) is 11.5 Å². The van der Waals surface area contributed by atoms with E-state index in [0.717, 1.165) is 28.0 Å². The zero-order chi connectivity index (χ0) is 21.0. The SMILES string of the molecule is C=CCn1c(SC[C@@H]2CN=C(c3ccccc3)O2)nnc1[C@H]1COc2ccccc2O1. The second-order valence-electron chi connectivity index (χ2n) is 7.17. The molecule has 8 heteroatoms. The summed E-state index contributed by atoms with van der Waals surface area (Å²) in [5.41, 5.74) is 1.00. The summed E-state index contributed by atoms with van der Waals surface area (Å²) in [5.74, 6) is 3.61. The molecule has 158 valence electrons. The number of rotatable bonds is 7. The van der Waals surface area contributed by atoms with Gasteiger partial charge in [0.05, 0.1) is 6.54 Å². The monoisotopic (exact) mass is 434 g/mol. The molecule has 0 radical (unpaired) electrons. The third-order valence-corrected chi connectivity index (χ3v) is 6.09. The molecule has 2 aliphatic heterocycles. The quantitative estimate of drug-likeness (QED) is 0.415. The minimum Gasteiger partial charge on any atom is -0.485 e. The average molecular weight is 435 g/mol. The maximum absolute atomic E-state index is 6.12. The zero-order valence-corrected chi connectivity index (χ0v) is 17.7. The van der Waals surface area contributed by atoms with Crippen molar-refractivity contribution in [3.05, 3.63) is 78.6 Å². The maximum atomic E-state index is 6.12. The highest BCUT2D eigenvalue weighted by atomic mass is 32.2. The van der Waals surface area contributed by atoms with Gasteiger partial charge in [0.15, 0.2) is 28.6 Å². The van der Waals surface area contributed by atoms with Gasteiger partial charge in [0.2, 0.25) is 5.90 Å². The number of aliphatic imine (C=N–C) groups is 1. The summed E-state index contributed by atoms with van der Waals surface area (Å²) in [6.07, 6.45) is 1.50. The Morgan fingerprint density at radius 3 is 2.68 bits per heavy atom. The van der Waals surface area contributed by atoms with E-state index < -0.39 is 0 Å². The van der Waals surface area contributed by atoms with Crippen molar-refractivity contribution in [2.45, 2.75) is 23.9 Å². The number of fused-ring (bicyclic) bond motifs is 1. The predicted octanol–water partition coefficient (Wildman–Crippen LogP) is 3.91. The molecule has 0 saturated carbocycles. The van der Waals surface area contributed by atoms with E-state index in [0.29, 0.717) is 31.3 Å². The molecule has 0 fully saturated rings. The summed E-state index contributed by atoms with van der Waals surface area (Å²) in [4.78, 5) is 4.54. The van der Waals surface area contributed by atoms with Gasteiger partial charge in [-0.25, -0.2) is 4.99 Å². The van der Waals surface area contributed by atoms with Crippen LogP contribution in [0.5, 0.6) is 11.5 Å². The molecule has 0 bridgehead atoms. The molecule has 0 spiro atoms. The fraction of sp³-hybridized carbons (Fsp3) is 0.261. The van der Waals surface area contributed by atoms with Gasteiger partial charge >= 0.3 is 0 Å². The number of allylic oxidation sites excluding steroid dienone is 1. The molecule has 2 aliphatic rings. The van der Waals surface area contributed by atoms with Gasteiger partial charge in [-0.3, -0.25) is 4.57 Å². The minimum absolute atomic E-state index is 0.00122. The van der Waals surface area contributed by atoms with Gasteiger partial charge in [-0.1, -0.05) is 48.2 Å². The average Bonchev–Trinajstić information content (AvgIpc) is 3.45. The van der Waals surface area contributed by atoms with Gasteiger partial charge < -0.3 is 14.2 Å². The van der Waals surface area contributed by atoms with Crippen molar-refractivity contribution in [2.24, 2.45) is 4.99 Å². The van der Waals surface area contributed by atoms with Crippen molar-refractivity contribution < 1.29 is 14.2 Å². The van der Waals surface area contributed by atoms with Gasteiger partial charge in [0, 0.05) is 17.9 Å². The lowest BCUT2D eigenvalue weighted by Gasteiger charge is -2.26. The lowest BCUT2D eigenvalue weighted by atomic mass is 10.2.